The lowest BCUT2D eigenvalue weighted by Crippen LogP contribution is -2.20. The number of nitrogens with one attached hydrogen (secondary N) is 2. The fourth-order valence-corrected chi connectivity index (χ4v) is 3.53. The minimum atomic E-state index is -0.303. The molecule has 3 aromatic rings. The van der Waals surface area contributed by atoms with Crippen LogP contribution in [0.3, 0.4) is 0 Å². The summed E-state index contributed by atoms with van der Waals surface area (Å²) in [7, 11) is 1.52. The van der Waals surface area contributed by atoms with Crippen LogP contribution < -0.4 is 20.2 Å². The van der Waals surface area contributed by atoms with Crippen molar-refractivity contribution in [3.8, 4) is 11.5 Å². The predicted molar refractivity (Wildman–Crippen MR) is 133 cm³/mol. The molecule has 32 heavy (non-hydrogen) atoms. The lowest BCUT2D eigenvalue weighted by atomic mass is 10.2. The van der Waals surface area contributed by atoms with Crippen molar-refractivity contribution in [3.63, 3.8) is 0 Å². The largest absolute Gasteiger partial charge is 0.493 e. The van der Waals surface area contributed by atoms with Crippen molar-refractivity contribution in [1.29, 1.82) is 0 Å². The summed E-state index contributed by atoms with van der Waals surface area (Å²) in [6.07, 6.45) is 1.51. The van der Waals surface area contributed by atoms with Crippen molar-refractivity contribution in [2.75, 3.05) is 19.0 Å². The highest BCUT2D eigenvalue weighted by Crippen LogP contribution is 2.33. The molecular weight excluding hydrogens is 521 g/mol. The number of halogens is 1. The summed E-state index contributed by atoms with van der Waals surface area (Å²) in [5.74, 6) is 0.331. The molecule has 0 spiro atoms. The van der Waals surface area contributed by atoms with E-state index in [1.54, 1.807) is 30.3 Å². The van der Waals surface area contributed by atoms with Gasteiger partial charge in [0.2, 0.25) is 0 Å². The van der Waals surface area contributed by atoms with Crippen LogP contribution in [0, 0.1) is 10.5 Å². The third-order valence-corrected chi connectivity index (χ3v) is 5.15. The number of carbonyl (C=O) groups excluding carboxylic acids is 2. The van der Waals surface area contributed by atoms with Gasteiger partial charge in [0.1, 0.15) is 0 Å². The van der Waals surface area contributed by atoms with Crippen LogP contribution in [-0.4, -0.2) is 31.7 Å². The highest BCUT2D eigenvalue weighted by molar-refractivity contribution is 14.1. The first-order valence-corrected chi connectivity index (χ1v) is 10.8. The first-order valence-electron chi connectivity index (χ1n) is 9.71. The molecule has 0 aliphatic carbocycles. The molecule has 0 aromatic heterocycles. The standard InChI is InChI=1S/C24H22IN3O4/c1-16-8-10-19(11-9-16)27-22(29)15-32-23-20(25)12-17(13-21(23)31-2)14-26-28-24(30)18-6-4-3-5-7-18/h3-14H,15H2,1-2H3,(H,27,29)(H,28,30)/b26-14+. The van der Waals surface area contributed by atoms with Gasteiger partial charge >= 0.3 is 0 Å². The van der Waals surface area contributed by atoms with Gasteiger partial charge in [0.15, 0.2) is 18.1 Å². The SMILES string of the molecule is COc1cc(/C=N/NC(=O)c2ccccc2)cc(I)c1OCC(=O)Nc1ccc(C)cc1. The normalized spacial score (nSPS) is 10.6. The van der Waals surface area contributed by atoms with Crippen LogP contribution in [0.25, 0.3) is 0 Å². The second-order valence-corrected chi connectivity index (χ2v) is 7.96. The molecule has 8 heteroatoms. The first kappa shape index (κ1) is 23.3. The summed E-state index contributed by atoms with van der Waals surface area (Å²) in [6.45, 7) is 1.81. The molecule has 0 fully saturated rings. The number of hydrazone groups is 1. The fourth-order valence-electron chi connectivity index (χ4n) is 2.75. The summed E-state index contributed by atoms with van der Waals surface area (Å²) >= 11 is 2.10. The van der Waals surface area contributed by atoms with Crippen LogP contribution >= 0.6 is 22.6 Å². The molecule has 0 radical (unpaired) electrons. The Morgan fingerprint density at radius 3 is 2.47 bits per heavy atom. The monoisotopic (exact) mass is 543 g/mol. The van der Waals surface area contributed by atoms with Crippen LogP contribution in [0.4, 0.5) is 5.69 Å². The van der Waals surface area contributed by atoms with E-state index in [0.29, 0.717) is 28.3 Å². The van der Waals surface area contributed by atoms with Crippen LogP contribution in [-0.2, 0) is 4.79 Å². The van der Waals surface area contributed by atoms with E-state index in [0.717, 1.165) is 9.13 Å². The number of benzene rings is 3. The maximum atomic E-state index is 12.2. The van der Waals surface area contributed by atoms with E-state index in [1.165, 1.54) is 13.3 Å². The van der Waals surface area contributed by atoms with E-state index in [4.69, 9.17) is 9.47 Å². The van der Waals surface area contributed by atoms with Crippen LogP contribution in [0.2, 0.25) is 0 Å². The van der Waals surface area contributed by atoms with Gasteiger partial charge in [0.25, 0.3) is 11.8 Å². The number of hydrogen-bond acceptors (Lipinski definition) is 5. The Hall–Kier alpha value is -3.40. The highest BCUT2D eigenvalue weighted by atomic mass is 127. The van der Waals surface area contributed by atoms with Gasteiger partial charge in [-0.2, -0.15) is 5.10 Å². The number of methoxy groups -OCH3 is 1. The van der Waals surface area contributed by atoms with Crippen molar-refractivity contribution in [2.24, 2.45) is 5.10 Å². The quantitative estimate of drug-likeness (QED) is 0.251. The van der Waals surface area contributed by atoms with Gasteiger partial charge in [-0.15, -0.1) is 0 Å². The zero-order valence-corrected chi connectivity index (χ0v) is 19.8. The minimum absolute atomic E-state index is 0.166. The van der Waals surface area contributed by atoms with Crippen LogP contribution in [0.15, 0.2) is 71.8 Å². The molecule has 0 heterocycles. The Labute approximate surface area is 200 Å². The predicted octanol–water partition coefficient (Wildman–Crippen LogP) is 4.39. The summed E-state index contributed by atoms with van der Waals surface area (Å²) < 4.78 is 11.9. The second kappa shape index (κ2) is 11.3. The van der Waals surface area contributed by atoms with Crippen molar-refractivity contribution < 1.29 is 19.1 Å². The van der Waals surface area contributed by atoms with E-state index in [9.17, 15) is 9.59 Å². The van der Waals surface area contributed by atoms with Crippen molar-refractivity contribution >= 4 is 46.3 Å². The molecule has 2 amide bonds. The molecule has 0 aliphatic heterocycles. The molecule has 0 saturated carbocycles. The van der Waals surface area contributed by atoms with Crippen molar-refractivity contribution in [1.82, 2.24) is 5.43 Å². The zero-order chi connectivity index (χ0) is 22.9. The molecule has 0 atom stereocenters. The smallest absolute Gasteiger partial charge is 0.271 e. The van der Waals surface area contributed by atoms with E-state index in [1.807, 2.05) is 43.3 Å². The third kappa shape index (κ3) is 6.55. The molecule has 164 valence electrons. The molecule has 0 saturated heterocycles. The average molecular weight is 543 g/mol. The Balaban J connectivity index is 1.62. The lowest BCUT2D eigenvalue weighted by molar-refractivity contribution is -0.118. The van der Waals surface area contributed by atoms with Gasteiger partial charge in [0, 0.05) is 11.3 Å². The number of carbonyl (C=O) groups is 2. The third-order valence-electron chi connectivity index (χ3n) is 4.35. The number of rotatable bonds is 8. The Morgan fingerprint density at radius 2 is 1.78 bits per heavy atom. The summed E-state index contributed by atoms with van der Waals surface area (Å²) in [4.78, 5) is 24.3. The van der Waals surface area contributed by atoms with Gasteiger partial charge in [-0.05, 0) is 71.5 Å². The van der Waals surface area contributed by atoms with Gasteiger partial charge < -0.3 is 14.8 Å². The zero-order valence-electron chi connectivity index (χ0n) is 17.6. The Kier molecular flexibility index (Phi) is 8.20. The van der Waals surface area contributed by atoms with Crippen LogP contribution in [0.5, 0.6) is 11.5 Å². The summed E-state index contributed by atoms with van der Waals surface area (Å²) in [5, 5.41) is 6.79. The number of ether oxygens (including phenoxy) is 2. The van der Waals surface area contributed by atoms with Gasteiger partial charge in [0.05, 0.1) is 16.9 Å². The molecule has 3 aromatic carbocycles. The molecular formula is C24H22IN3O4. The number of anilines is 1. The van der Waals surface area contributed by atoms with Crippen molar-refractivity contribution in [3.05, 3.63) is 87.0 Å². The lowest BCUT2D eigenvalue weighted by Gasteiger charge is -2.13. The van der Waals surface area contributed by atoms with E-state index in [-0.39, 0.29) is 18.4 Å². The molecule has 2 N–H and O–H groups in total. The summed E-state index contributed by atoms with van der Waals surface area (Å²) in [5.41, 5.74) is 5.53. The van der Waals surface area contributed by atoms with E-state index in [2.05, 4.69) is 38.4 Å². The number of hydrogen-bond donors (Lipinski definition) is 2. The van der Waals surface area contributed by atoms with E-state index < -0.39 is 0 Å². The average Bonchev–Trinajstić information content (AvgIpc) is 2.80. The molecule has 3 rings (SSSR count). The summed E-state index contributed by atoms with van der Waals surface area (Å²) in [6, 6.07) is 19.9. The maximum absolute atomic E-state index is 12.2. The maximum Gasteiger partial charge on any atom is 0.271 e. The second-order valence-electron chi connectivity index (χ2n) is 6.80. The van der Waals surface area contributed by atoms with Gasteiger partial charge in [-0.1, -0.05) is 35.9 Å². The molecule has 7 nitrogen and oxygen atoms in total. The Morgan fingerprint density at radius 1 is 1.06 bits per heavy atom. The number of nitrogens with zero attached hydrogens (tertiary/aromatic N) is 1. The molecule has 0 unspecified atom stereocenters. The van der Waals surface area contributed by atoms with E-state index >= 15 is 0 Å². The topological polar surface area (TPSA) is 89.0 Å². The fraction of sp³-hybridized carbons (Fsp3) is 0.125. The van der Waals surface area contributed by atoms with Gasteiger partial charge in [-0.25, -0.2) is 5.43 Å². The first-order chi connectivity index (χ1) is 15.5. The molecule has 0 aliphatic rings. The van der Waals surface area contributed by atoms with Gasteiger partial charge in [-0.3, -0.25) is 9.59 Å². The minimum Gasteiger partial charge on any atom is -0.493 e. The number of aryl methyl sites for hydroxylation is 1. The Bertz CT molecular complexity index is 1120. The van der Waals surface area contributed by atoms with Crippen molar-refractivity contribution in [2.45, 2.75) is 6.92 Å². The molecule has 0 bridgehead atoms. The number of amides is 2. The van der Waals surface area contributed by atoms with Crippen LogP contribution in [0.1, 0.15) is 21.5 Å². The highest BCUT2D eigenvalue weighted by Gasteiger charge is 2.13.